The molecule has 1 aliphatic carbocycles. The number of halogens is 1. The van der Waals surface area contributed by atoms with Crippen LogP contribution in [0.2, 0.25) is 0 Å². The van der Waals surface area contributed by atoms with Crippen LogP contribution in [0.15, 0.2) is 34.9 Å². The van der Waals surface area contributed by atoms with Crippen LogP contribution in [0, 0.1) is 12.7 Å². The summed E-state index contributed by atoms with van der Waals surface area (Å²) in [7, 11) is 0. The largest absolute Gasteiger partial charge is 0.481 e. The summed E-state index contributed by atoms with van der Waals surface area (Å²) in [6, 6.07) is 6.46. The molecule has 6 heteroatoms. The molecule has 1 aliphatic rings. The number of furan rings is 1. The number of aryl methyl sites for hydroxylation is 1. The zero-order valence-electron chi connectivity index (χ0n) is 14.7. The smallest absolute Gasteiger partial charge is 0.311 e. The maximum atomic E-state index is 13.3. The van der Waals surface area contributed by atoms with Crippen LogP contribution in [0.4, 0.5) is 4.39 Å². The van der Waals surface area contributed by atoms with Crippen LogP contribution in [0.3, 0.4) is 0 Å². The number of carboxylic acid groups (broad SMARTS) is 1. The second-order valence-electron chi connectivity index (χ2n) is 6.96. The van der Waals surface area contributed by atoms with Gasteiger partial charge in [-0.3, -0.25) is 9.59 Å². The highest BCUT2D eigenvalue weighted by atomic mass is 19.1. The predicted molar refractivity (Wildman–Crippen MR) is 93.7 cm³/mol. The normalized spacial score (nSPS) is 15.8. The van der Waals surface area contributed by atoms with Crippen LogP contribution >= 0.6 is 0 Å². The van der Waals surface area contributed by atoms with Gasteiger partial charge in [-0.05, 0) is 37.5 Å². The second kappa shape index (κ2) is 7.32. The highest BCUT2D eigenvalue weighted by Gasteiger charge is 2.36. The molecule has 1 aromatic heterocycles. The molecule has 1 heterocycles. The number of amides is 1. The Labute approximate surface area is 151 Å². The van der Waals surface area contributed by atoms with Crippen LogP contribution in [0.1, 0.15) is 52.9 Å². The first kappa shape index (κ1) is 18.2. The van der Waals surface area contributed by atoms with Gasteiger partial charge in [0, 0.05) is 17.5 Å². The summed E-state index contributed by atoms with van der Waals surface area (Å²) in [5.74, 6) is -1.50. The van der Waals surface area contributed by atoms with Crippen molar-refractivity contribution < 1.29 is 23.5 Å². The van der Waals surface area contributed by atoms with Crippen LogP contribution in [-0.2, 0) is 16.6 Å². The van der Waals surface area contributed by atoms with Gasteiger partial charge in [-0.15, -0.1) is 0 Å². The van der Waals surface area contributed by atoms with Gasteiger partial charge in [-0.2, -0.15) is 0 Å². The average molecular weight is 359 g/mol. The number of benzene rings is 1. The first-order chi connectivity index (χ1) is 12.4. The minimum absolute atomic E-state index is 0.162. The maximum absolute atomic E-state index is 13.3. The van der Waals surface area contributed by atoms with Crippen molar-refractivity contribution in [1.82, 2.24) is 5.32 Å². The molecule has 1 amide bonds. The quantitative estimate of drug-likeness (QED) is 0.826. The summed E-state index contributed by atoms with van der Waals surface area (Å²) >= 11 is 0. The summed E-state index contributed by atoms with van der Waals surface area (Å²) in [6.45, 7) is 2.14. The minimum Gasteiger partial charge on any atom is -0.481 e. The van der Waals surface area contributed by atoms with Gasteiger partial charge in [0.25, 0.3) is 5.91 Å². The highest BCUT2D eigenvalue weighted by molar-refractivity contribution is 5.97. The SMILES string of the molecule is Cc1coc(CC(=O)O)c1C(=O)NCC1(c2ccc(F)cc2)CCCC1. The fourth-order valence-corrected chi connectivity index (χ4v) is 3.83. The highest BCUT2D eigenvalue weighted by Crippen LogP contribution is 2.40. The molecule has 26 heavy (non-hydrogen) atoms. The van der Waals surface area contributed by atoms with E-state index in [1.165, 1.54) is 18.4 Å². The number of hydrogen-bond donors (Lipinski definition) is 2. The number of carboxylic acids is 1. The molecule has 1 saturated carbocycles. The fourth-order valence-electron chi connectivity index (χ4n) is 3.83. The van der Waals surface area contributed by atoms with E-state index in [0.29, 0.717) is 17.7 Å². The maximum Gasteiger partial charge on any atom is 0.311 e. The summed E-state index contributed by atoms with van der Waals surface area (Å²) in [5, 5.41) is 11.9. The Kier molecular flexibility index (Phi) is 5.11. The molecule has 0 aliphatic heterocycles. The third-order valence-corrected chi connectivity index (χ3v) is 5.19. The van der Waals surface area contributed by atoms with E-state index in [4.69, 9.17) is 9.52 Å². The Morgan fingerprint density at radius 2 is 1.88 bits per heavy atom. The number of carbonyl (C=O) groups is 2. The summed E-state index contributed by atoms with van der Waals surface area (Å²) in [5.41, 5.74) is 1.71. The molecule has 5 nitrogen and oxygen atoms in total. The van der Waals surface area contributed by atoms with E-state index < -0.39 is 5.97 Å². The zero-order valence-corrected chi connectivity index (χ0v) is 14.7. The standard InChI is InChI=1S/C20H22FNO4/c1-13-11-26-16(10-17(23)24)18(13)19(25)22-12-20(8-2-3-9-20)14-4-6-15(21)7-5-14/h4-7,11H,2-3,8-10,12H2,1H3,(H,22,25)(H,23,24). The number of aliphatic carboxylic acids is 1. The van der Waals surface area contributed by atoms with Crippen LogP contribution in [-0.4, -0.2) is 23.5 Å². The molecule has 0 spiro atoms. The Morgan fingerprint density at radius 1 is 1.23 bits per heavy atom. The molecule has 3 rings (SSSR count). The molecule has 0 saturated heterocycles. The van der Waals surface area contributed by atoms with Crippen molar-refractivity contribution in [2.75, 3.05) is 6.54 Å². The van der Waals surface area contributed by atoms with Crippen molar-refractivity contribution in [3.05, 3.63) is 58.8 Å². The van der Waals surface area contributed by atoms with Gasteiger partial charge >= 0.3 is 5.97 Å². The molecule has 1 fully saturated rings. The van der Waals surface area contributed by atoms with Crippen molar-refractivity contribution in [2.45, 2.75) is 44.4 Å². The van der Waals surface area contributed by atoms with E-state index in [1.807, 2.05) is 0 Å². The van der Waals surface area contributed by atoms with E-state index in [0.717, 1.165) is 31.2 Å². The lowest BCUT2D eigenvalue weighted by Crippen LogP contribution is -2.39. The molecule has 2 N–H and O–H groups in total. The third kappa shape index (κ3) is 3.64. The van der Waals surface area contributed by atoms with Crippen molar-refractivity contribution >= 4 is 11.9 Å². The fraction of sp³-hybridized carbons (Fsp3) is 0.400. The number of hydrogen-bond acceptors (Lipinski definition) is 3. The number of carbonyl (C=O) groups excluding carboxylic acids is 1. The summed E-state index contributed by atoms with van der Waals surface area (Å²) in [4.78, 5) is 23.7. The molecular weight excluding hydrogens is 337 g/mol. The van der Waals surface area contributed by atoms with E-state index in [1.54, 1.807) is 19.1 Å². The van der Waals surface area contributed by atoms with Crippen LogP contribution < -0.4 is 5.32 Å². The minimum atomic E-state index is -1.05. The monoisotopic (exact) mass is 359 g/mol. The number of rotatable bonds is 6. The van der Waals surface area contributed by atoms with Crippen molar-refractivity contribution in [3.63, 3.8) is 0 Å². The lowest BCUT2D eigenvalue weighted by Gasteiger charge is -2.30. The van der Waals surface area contributed by atoms with E-state index in [9.17, 15) is 14.0 Å². The predicted octanol–water partition coefficient (Wildman–Crippen LogP) is 3.60. The molecule has 1 aromatic carbocycles. The molecular formula is C20H22FNO4. The second-order valence-corrected chi connectivity index (χ2v) is 6.96. The number of nitrogens with one attached hydrogen (secondary N) is 1. The molecule has 0 bridgehead atoms. The van der Waals surface area contributed by atoms with Gasteiger partial charge in [0.05, 0.1) is 11.8 Å². The summed E-state index contributed by atoms with van der Waals surface area (Å²) < 4.78 is 18.5. The first-order valence-corrected chi connectivity index (χ1v) is 8.74. The molecule has 138 valence electrons. The van der Waals surface area contributed by atoms with Crippen LogP contribution in [0.25, 0.3) is 0 Å². The lowest BCUT2D eigenvalue weighted by molar-refractivity contribution is -0.136. The van der Waals surface area contributed by atoms with Gasteiger partial charge in [-0.25, -0.2) is 4.39 Å². The molecule has 0 unspecified atom stereocenters. The van der Waals surface area contributed by atoms with E-state index in [-0.39, 0.29) is 29.3 Å². The Hall–Kier alpha value is -2.63. The Morgan fingerprint density at radius 3 is 2.50 bits per heavy atom. The zero-order chi connectivity index (χ0) is 18.7. The average Bonchev–Trinajstić information content (AvgIpc) is 3.21. The lowest BCUT2D eigenvalue weighted by atomic mass is 9.78. The van der Waals surface area contributed by atoms with Crippen molar-refractivity contribution in [1.29, 1.82) is 0 Å². The van der Waals surface area contributed by atoms with Gasteiger partial charge < -0.3 is 14.8 Å². The van der Waals surface area contributed by atoms with Crippen LogP contribution in [0.5, 0.6) is 0 Å². The topological polar surface area (TPSA) is 79.5 Å². The molecule has 2 aromatic rings. The Bertz CT molecular complexity index is 804. The molecule has 0 atom stereocenters. The van der Waals surface area contributed by atoms with E-state index in [2.05, 4.69) is 5.32 Å². The van der Waals surface area contributed by atoms with Crippen molar-refractivity contribution in [3.8, 4) is 0 Å². The Balaban J connectivity index is 1.78. The van der Waals surface area contributed by atoms with Gasteiger partial charge in [0.15, 0.2) is 0 Å². The first-order valence-electron chi connectivity index (χ1n) is 8.74. The third-order valence-electron chi connectivity index (χ3n) is 5.19. The van der Waals surface area contributed by atoms with Gasteiger partial charge in [0.2, 0.25) is 0 Å². The summed E-state index contributed by atoms with van der Waals surface area (Å²) in [6.07, 6.45) is 5.03. The van der Waals surface area contributed by atoms with E-state index >= 15 is 0 Å². The van der Waals surface area contributed by atoms with Crippen molar-refractivity contribution in [2.24, 2.45) is 0 Å². The molecule has 0 radical (unpaired) electrons. The van der Waals surface area contributed by atoms with Gasteiger partial charge in [0.1, 0.15) is 18.0 Å². The van der Waals surface area contributed by atoms with Gasteiger partial charge in [-0.1, -0.05) is 25.0 Å².